The fourth-order valence-electron chi connectivity index (χ4n) is 1.78. The van der Waals surface area contributed by atoms with Crippen molar-refractivity contribution in [3.8, 4) is 11.5 Å². The largest absolute Gasteiger partial charge is 0.493 e. The van der Waals surface area contributed by atoms with Crippen LogP contribution < -0.4 is 9.47 Å². The number of benzene rings is 1. The summed E-state index contributed by atoms with van der Waals surface area (Å²) < 4.78 is 12.6. The minimum atomic E-state index is -0.467. The van der Waals surface area contributed by atoms with E-state index in [1.165, 1.54) is 25.3 Å². The molecule has 0 saturated heterocycles. The summed E-state index contributed by atoms with van der Waals surface area (Å²) in [5.74, 6) is 1.71. The smallest absolute Gasteiger partial charge is 0.273 e. The molecule has 2 rings (SSSR count). The number of hydrogen-bond acceptors (Lipinski definition) is 5. The number of aromatic nitrogens is 2. The fraction of sp³-hybridized carbons (Fsp3) is 0.308. The van der Waals surface area contributed by atoms with Crippen molar-refractivity contribution in [2.24, 2.45) is 7.05 Å². The van der Waals surface area contributed by atoms with Gasteiger partial charge in [0, 0.05) is 31.9 Å². The van der Waals surface area contributed by atoms with Gasteiger partial charge in [-0.2, -0.15) is 0 Å². The van der Waals surface area contributed by atoms with Crippen molar-refractivity contribution >= 4 is 5.69 Å². The molecule has 0 unspecified atom stereocenters. The second kappa shape index (κ2) is 6.05. The van der Waals surface area contributed by atoms with Crippen LogP contribution in [-0.4, -0.2) is 28.2 Å². The molecule has 0 aliphatic carbocycles. The molecule has 20 heavy (non-hydrogen) atoms. The number of nitrogens with zero attached hydrogens (tertiary/aromatic N) is 3. The molecule has 0 aliphatic heterocycles. The SMILES string of the molecule is COc1ccc([N+](=O)[O-])cc1OCCc1nccn1C. The predicted octanol–water partition coefficient (Wildman–Crippen LogP) is 1.96. The fourth-order valence-corrected chi connectivity index (χ4v) is 1.78. The summed E-state index contributed by atoms with van der Waals surface area (Å²) in [7, 11) is 3.39. The lowest BCUT2D eigenvalue weighted by Gasteiger charge is -2.10. The third-order valence-corrected chi connectivity index (χ3v) is 2.86. The molecule has 0 amide bonds. The van der Waals surface area contributed by atoms with E-state index in [1.807, 2.05) is 17.8 Å². The van der Waals surface area contributed by atoms with Crippen molar-refractivity contribution in [2.75, 3.05) is 13.7 Å². The Hall–Kier alpha value is -2.57. The van der Waals surface area contributed by atoms with Crippen LogP contribution >= 0.6 is 0 Å². The van der Waals surface area contributed by atoms with Gasteiger partial charge in [0.2, 0.25) is 0 Å². The van der Waals surface area contributed by atoms with Crippen LogP contribution in [0.4, 0.5) is 5.69 Å². The van der Waals surface area contributed by atoms with Gasteiger partial charge in [0.05, 0.1) is 24.7 Å². The summed E-state index contributed by atoms with van der Waals surface area (Å²) in [6.07, 6.45) is 4.17. The maximum absolute atomic E-state index is 10.8. The third-order valence-electron chi connectivity index (χ3n) is 2.86. The van der Waals surface area contributed by atoms with Gasteiger partial charge >= 0.3 is 0 Å². The van der Waals surface area contributed by atoms with E-state index in [4.69, 9.17) is 9.47 Å². The summed E-state index contributed by atoms with van der Waals surface area (Å²) >= 11 is 0. The van der Waals surface area contributed by atoms with Gasteiger partial charge in [-0.25, -0.2) is 4.98 Å². The second-order valence-corrected chi connectivity index (χ2v) is 4.15. The Kier molecular flexibility index (Phi) is 4.19. The quantitative estimate of drug-likeness (QED) is 0.595. The lowest BCUT2D eigenvalue weighted by molar-refractivity contribution is -0.385. The molecule has 7 nitrogen and oxygen atoms in total. The number of aryl methyl sites for hydroxylation is 1. The molecule has 1 heterocycles. The monoisotopic (exact) mass is 277 g/mol. The van der Waals surface area contributed by atoms with Crippen LogP contribution in [0.15, 0.2) is 30.6 Å². The molecular weight excluding hydrogens is 262 g/mol. The molecule has 0 N–H and O–H groups in total. The molecule has 0 saturated carbocycles. The zero-order valence-electron chi connectivity index (χ0n) is 11.3. The predicted molar refractivity (Wildman–Crippen MR) is 72.1 cm³/mol. The maximum atomic E-state index is 10.8. The van der Waals surface area contributed by atoms with Gasteiger partial charge in [-0.3, -0.25) is 10.1 Å². The average molecular weight is 277 g/mol. The maximum Gasteiger partial charge on any atom is 0.273 e. The molecule has 106 valence electrons. The molecular formula is C13H15N3O4. The van der Waals surface area contributed by atoms with E-state index in [0.29, 0.717) is 24.5 Å². The highest BCUT2D eigenvalue weighted by Gasteiger charge is 2.12. The van der Waals surface area contributed by atoms with Gasteiger partial charge in [0.15, 0.2) is 11.5 Å². The number of methoxy groups -OCH3 is 1. The molecule has 0 spiro atoms. The van der Waals surface area contributed by atoms with E-state index in [9.17, 15) is 10.1 Å². The van der Waals surface area contributed by atoms with E-state index in [-0.39, 0.29) is 5.69 Å². The summed E-state index contributed by atoms with van der Waals surface area (Å²) in [5, 5.41) is 10.8. The van der Waals surface area contributed by atoms with E-state index >= 15 is 0 Å². The van der Waals surface area contributed by atoms with Crippen molar-refractivity contribution in [3.63, 3.8) is 0 Å². The lowest BCUT2D eigenvalue weighted by Crippen LogP contribution is -2.07. The van der Waals surface area contributed by atoms with E-state index in [0.717, 1.165) is 5.82 Å². The molecule has 0 aliphatic rings. The zero-order valence-corrected chi connectivity index (χ0v) is 11.3. The molecule has 0 atom stereocenters. The molecule has 2 aromatic rings. The highest BCUT2D eigenvalue weighted by atomic mass is 16.6. The van der Waals surface area contributed by atoms with Gasteiger partial charge in [-0.15, -0.1) is 0 Å². The Morgan fingerprint density at radius 3 is 2.80 bits per heavy atom. The molecule has 0 bridgehead atoms. The van der Waals surface area contributed by atoms with Crippen LogP contribution in [0, 0.1) is 10.1 Å². The Bertz CT molecular complexity index is 609. The number of nitro groups is 1. The first kappa shape index (κ1) is 13.9. The topological polar surface area (TPSA) is 79.4 Å². The summed E-state index contributed by atoms with van der Waals surface area (Å²) in [4.78, 5) is 14.5. The van der Waals surface area contributed by atoms with Crippen LogP contribution in [0.2, 0.25) is 0 Å². The Labute approximate surface area is 115 Å². The number of imidazole rings is 1. The number of nitro benzene ring substituents is 1. The molecule has 0 radical (unpaired) electrons. The van der Waals surface area contributed by atoms with E-state index in [2.05, 4.69) is 4.98 Å². The Morgan fingerprint density at radius 1 is 1.40 bits per heavy atom. The summed E-state index contributed by atoms with van der Waals surface area (Å²) in [6, 6.07) is 4.26. The normalized spacial score (nSPS) is 10.3. The van der Waals surface area contributed by atoms with Crippen LogP contribution in [0.3, 0.4) is 0 Å². The molecule has 1 aromatic carbocycles. The number of hydrogen-bond donors (Lipinski definition) is 0. The Balaban J connectivity index is 2.06. The average Bonchev–Trinajstić information content (AvgIpc) is 2.84. The van der Waals surface area contributed by atoms with Gasteiger partial charge in [0.25, 0.3) is 5.69 Å². The first-order valence-corrected chi connectivity index (χ1v) is 6.03. The first-order chi connectivity index (χ1) is 9.61. The van der Waals surface area contributed by atoms with Gasteiger partial charge in [-0.05, 0) is 6.07 Å². The first-order valence-electron chi connectivity index (χ1n) is 6.03. The third kappa shape index (κ3) is 3.05. The summed E-state index contributed by atoms with van der Waals surface area (Å²) in [5.41, 5.74) is -0.0298. The molecule has 7 heteroatoms. The zero-order chi connectivity index (χ0) is 14.5. The van der Waals surface area contributed by atoms with Crippen molar-refractivity contribution in [1.29, 1.82) is 0 Å². The van der Waals surface area contributed by atoms with Gasteiger partial charge in [-0.1, -0.05) is 0 Å². The van der Waals surface area contributed by atoms with Crippen LogP contribution in [0.1, 0.15) is 5.82 Å². The van der Waals surface area contributed by atoms with Crippen LogP contribution in [0.25, 0.3) is 0 Å². The second-order valence-electron chi connectivity index (χ2n) is 4.15. The highest BCUT2D eigenvalue weighted by molar-refractivity contribution is 5.48. The molecule has 1 aromatic heterocycles. The van der Waals surface area contributed by atoms with Crippen molar-refractivity contribution in [2.45, 2.75) is 6.42 Å². The van der Waals surface area contributed by atoms with Crippen LogP contribution in [-0.2, 0) is 13.5 Å². The van der Waals surface area contributed by atoms with Gasteiger partial charge in [0.1, 0.15) is 5.82 Å². The lowest BCUT2D eigenvalue weighted by atomic mass is 10.3. The number of non-ortho nitro benzene ring substituents is 1. The minimum Gasteiger partial charge on any atom is -0.493 e. The Morgan fingerprint density at radius 2 is 2.20 bits per heavy atom. The van der Waals surface area contributed by atoms with Crippen molar-refractivity contribution in [1.82, 2.24) is 9.55 Å². The highest BCUT2D eigenvalue weighted by Crippen LogP contribution is 2.31. The van der Waals surface area contributed by atoms with Crippen molar-refractivity contribution < 1.29 is 14.4 Å². The van der Waals surface area contributed by atoms with E-state index in [1.54, 1.807) is 6.20 Å². The summed E-state index contributed by atoms with van der Waals surface area (Å²) in [6.45, 7) is 0.363. The standard InChI is InChI=1S/C13H15N3O4/c1-15-7-6-14-13(15)5-8-20-12-9-10(16(17)18)3-4-11(12)19-2/h3-4,6-7,9H,5,8H2,1-2H3. The number of ether oxygens (including phenoxy) is 2. The van der Waals surface area contributed by atoms with Gasteiger partial charge < -0.3 is 14.0 Å². The van der Waals surface area contributed by atoms with E-state index < -0.39 is 4.92 Å². The van der Waals surface area contributed by atoms with Crippen LogP contribution in [0.5, 0.6) is 11.5 Å². The number of rotatable bonds is 6. The minimum absolute atomic E-state index is 0.0298. The molecule has 0 fully saturated rings. The van der Waals surface area contributed by atoms with Crippen molar-refractivity contribution in [3.05, 3.63) is 46.5 Å².